The van der Waals surface area contributed by atoms with Crippen LogP contribution in [0, 0.1) is 0 Å². The Morgan fingerprint density at radius 2 is 1.74 bits per heavy atom. The van der Waals surface area contributed by atoms with Crippen molar-refractivity contribution in [2.24, 2.45) is 0 Å². The van der Waals surface area contributed by atoms with Gasteiger partial charge in [0.15, 0.2) is 0 Å². The van der Waals surface area contributed by atoms with E-state index in [0.717, 1.165) is 51.1 Å². The summed E-state index contributed by atoms with van der Waals surface area (Å²) in [6.45, 7) is 0. The van der Waals surface area contributed by atoms with E-state index in [1.165, 1.54) is 0 Å². The first-order chi connectivity index (χ1) is 18.2. The lowest BCUT2D eigenvalue weighted by Crippen LogP contribution is -2.34. The summed E-state index contributed by atoms with van der Waals surface area (Å²) in [4.78, 5) is 32.9. The molecule has 0 saturated carbocycles. The largest absolute Gasteiger partial charge is 0.490 e. The van der Waals surface area contributed by atoms with Crippen molar-refractivity contribution in [2.75, 3.05) is 0 Å². The van der Waals surface area contributed by atoms with Gasteiger partial charge in [0, 0.05) is 52.2 Å². The maximum Gasteiger partial charge on any atom is 0.490 e. The summed E-state index contributed by atoms with van der Waals surface area (Å²) in [6.07, 6.45) is -0.582. The van der Waals surface area contributed by atoms with Gasteiger partial charge < -0.3 is 20.4 Å². The van der Waals surface area contributed by atoms with Crippen molar-refractivity contribution >= 4 is 22.8 Å². The fourth-order valence-corrected chi connectivity index (χ4v) is 4.36. The zero-order valence-electron chi connectivity index (χ0n) is 19.7. The third kappa shape index (κ3) is 5.15. The molecule has 0 saturated heterocycles. The van der Waals surface area contributed by atoms with Crippen molar-refractivity contribution in [2.45, 2.75) is 18.6 Å². The molecule has 2 aromatic carbocycles. The maximum absolute atomic E-state index is 12.8. The first-order valence-corrected chi connectivity index (χ1v) is 11.6. The Bertz CT molecular complexity index is 1620. The molecule has 192 valence electrons. The number of hydrogen-bond acceptors (Lipinski definition) is 3. The van der Waals surface area contributed by atoms with Crippen LogP contribution in [0.5, 0.6) is 0 Å². The molecule has 1 aliphatic heterocycles. The van der Waals surface area contributed by atoms with Gasteiger partial charge in [-0.2, -0.15) is 13.2 Å². The average molecular weight is 518 g/mol. The highest BCUT2D eigenvalue weighted by atomic mass is 19.4. The van der Waals surface area contributed by atoms with E-state index in [-0.39, 0.29) is 11.9 Å². The van der Waals surface area contributed by atoms with Gasteiger partial charge in [0.05, 0.1) is 17.3 Å². The van der Waals surface area contributed by atoms with Crippen LogP contribution in [-0.4, -0.2) is 38.1 Å². The maximum atomic E-state index is 12.8. The van der Waals surface area contributed by atoms with Crippen LogP contribution in [0.1, 0.15) is 27.7 Å². The molecule has 7 nitrogen and oxygen atoms in total. The lowest BCUT2D eigenvalue weighted by molar-refractivity contribution is -0.192. The Morgan fingerprint density at radius 3 is 2.47 bits per heavy atom. The molecular weight excluding hydrogens is 497 g/mol. The molecule has 1 aliphatic rings. The molecule has 6 rings (SSSR count). The number of nitrogens with one attached hydrogen (secondary N) is 3. The molecule has 1 amide bonds. The van der Waals surface area contributed by atoms with Crippen LogP contribution >= 0.6 is 0 Å². The number of hydrogen-bond donors (Lipinski definition) is 4. The standard InChI is InChI=1S/C26H20N4O.C2HF3O2/c31-26-20-14-23(29-25(20)15-24(30-26)16-4-2-1-3-5-16)19-9-11-28-22(13-19)17-6-7-21-18(12-17)8-10-27-21;3-2(4,5)1(6)7/h1-14,24,27,29H,15H2,(H,30,31);(H,6,7). The number of alkyl halides is 3. The van der Waals surface area contributed by atoms with E-state index in [1.54, 1.807) is 0 Å². The third-order valence-corrected chi connectivity index (χ3v) is 6.22. The number of amides is 1. The number of carboxylic acids is 1. The number of benzene rings is 2. The van der Waals surface area contributed by atoms with Crippen LogP contribution in [0.25, 0.3) is 33.4 Å². The highest BCUT2D eigenvalue weighted by Crippen LogP contribution is 2.31. The highest BCUT2D eigenvalue weighted by Gasteiger charge is 2.38. The van der Waals surface area contributed by atoms with Gasteiger partial charge in [-0.25, -0.2) is 4.79 Å². The number of aromatic nitrogens is 3. The summed E-state index contributed by atoms with van der Waals surface area (Å²) in [6, 6.07) is 24.4. The topological polar surface area (TPSA) is 111 Å². The minimum absolute atomic E-state index is 0.0196. The Labute approximate surface area is 214 Å². The van der Waals surface area contributed by atoms with Crippen molar-refractivity contribution in [3.05, 3.63) is 102 Å². The first-order valence-electron chi connectivity index (χ1n) is 11.6. The molecule has 38 heavy (non-hydrogen) atoms. The molecular formula is C28H21F3N4O3. The molecule has 4 heterocycles. The van der Waals surface area contributed by atoms with Gasteiger partial charge in [-0.05, 0) is 42.0 Å². The van der Waals surface area contributed by atoms with Crippen LogP contribution in [-0.2, 0) is 11.2 Å². The molecule has 1 atom stereocenters. The van der Waals surface area contributed by atoms with Gasteiger partial charge in [0.1, 0.15) is 0 Å². The van der Waals surface area contributed by atoms with E-state index in [1.807, 2.05) is 42.7 Å². The van der Waals surface area contributed by atoms with Crippen LogP contribution < -0.4 is 5.32 Å². The summed E-state index contributed by atoms with van der Waals surface area (Å²) in [5.74, 6) is -2.79. The molecule has 0 aliphatic carbocycles. The molecule has 10 heteroatoms. The molecule has 1 unspecified atom stereocenters. The lowest BCUT2D eigenvalue weighted by atomic mass is 9.96. The molecule has 0 bridgehead atoms. The highest BCUT2D eigenvalue weighted by molar-refractivity contribution is 5.98. The summed E-state index contributed by atoms with van der Waals surface area (Å²) >= 11 is 0. The van der Waals surface area contributed by atoms with Gasteiger partial charge in [-0.15, -0.1) is 0 Å². The number of halogens is 3. The van der Waals surface area contributed by atoms with E-state index in [9.17, 15) is 18.0 Å². The molecule has 0 fully saturated rings. The number of H-pyrrole nitrogens is 2. The number of pyridine rings is 1. The van der Waals surface area contributed by atoms with E-state index in [0.29, 0.717) is 5.56 Å². The fraction of sp³-hybridized carbons (Fsp3) is 0.107. The second-order valence-corrected chi connectivity index (χ2v) is 8.73. The van der Waals surface area contributed by atoms with E-state index in [2.05, 4.69) is 62.7 Å². The second kappa shape index (κ2) is 9.89. The van der Waals surface area contributed by atoms with Crippen molar-refractivity contribution in [3.63, 3.8) is 0 Å². The zero-order chi connectivity index (χ0) is 26.9. The smallest absolute Gasteiger partial charge is 0.475 e. The molecule has 0 spiro atoms. The van der Waals surface area contributed by atoms with E-state index >= 15 is 0 Å². The second-order valence-electron chi connectivity index (χ2n) is 8.73. The predicted molar refractivity (Wildman–Crippen MR) is 135 cm³/mol. The van der Waals surface area contributed by atoms with Crippen molar-refractivity contribution in [1.29, 1.82) is 0 Å². The Kier molecular flexibility index (Phi) is 6.46. The predicted octanol–water partition coefficient (Wildman–Crippen LogP) is 5.89. The van der Waals surface area contributed by atoms with E-state index in [4.69, 9.17) is 9.90 Å². The van der Waals surface area contributed by atoms with Gasteiger partial charge >= 0.3 is 12.1 Å². The zero-order valence-corrected chi connectivity index (χ0v) is 19.7. The monoisotopic (exact) mass is 518 g/mol. The number of aromatic amines is 2. The van der Waals surface area contributed by atoms with Gasteiger partial charge in [-0.3, -0.25) is 9.78 Å². The number of rotatable bonds is 3. The Balaban J connectivity index is 0.000000374. The molecule has 3 aromatic heterocycles. The first kappa shape index (κ1) is 24.8. The molecule has 5 aromatic rings. The minimum Gasteiger partial charge on any atom is -0.475 e. The summed E-state index contributed by atoms with van der Waals surface area (Å²) in [5, 5.41) is 11.4. The van der Waals surface area contributed by atoms with Crippen molar-refractivity contribution < 1.29 is 27.9 Å². The van der Waals surface area contributed by atoms with Gasteiger partial charge in [-0.1, -0.05) is 36.4 Å². The van der Waals surface area contributed by atoms with Crippen molar-refractivity contribution in [3.8, 4) is 22.5 Å². The number of fused-ring (bicyclic) bond motifs is 2. The van der Waals surface area contributed by atoms with E-state index < -0.39 is 12.1 Å². The van der Waals surface area contributed by atoms with Crippen LogP contribution in [0.15, 0.2) is 85.2 Å². The van der Waals surface area contributed by atoms with Crippen molar-refractivity contribution in [1.82, 2.24) is 20.3 Å². The molecule has 0 radical (unpaired) electrons. The summed E-state index contributed by atoms with van der Waals surface area (Å²) < 4.78 is 31.7. The van der Waals surface area contributed by atoms with Crippen LogP contribution in [0.3, 0.4) is 0 Å². The number of carbonyl (C=O) groups excluding carboxylic acids is 1. The van der Waals surface area contributed by atoms with Gasteiger partial charge in [0.25, 0.3) is 5.91 Å². The van der Waals surface area contributed by atoms with Crippen LogP contribution in [0.4, 0.5) is 13.2 Å². The Hall–Kier alpha value is -4.86. The summed E-state index contributed by atoms with van der Waals surface area (Å²) in [7, 11) is 0. The fourth-order valence-electron chi connectivity index (χ4n) is 4.36. The number of nitrogens with zero attached hydrogens (tertiary/aromatic N) is 1. The lowest BCUT2D eigenvalue weighted by Gasteiger charge is -2.23. The minimum atomic E-state index is -5.08. The summed E-state index contributed by atoms with van der Waals surface area (Å²) in [5.41, 5.74) is 7.82. The normalized spacial score (nSPS) is 14.8. The third-order valence-electron chi connectivity index (χ3n) is 6.22. The SMILES string of the molecule is O=C(O)C(F)(F)F.O=C1NC(c2ccccc2)Cc2[nH]c(-c3ccnc(-c4ccc5[nH]ccc5c4)c3)cc21. The Morgan fingerprint density at radius 1 is 0.974 bits per heavy atom. The molecule has 4 N–H and O–H groups in total. The number of carboxylic acid groups (broad SMARTS) is 1. The number of aliphatic carboxylic acids is 1. The quantitative estimate of drug-likeness (QED) is 0.239. The van der Waals surface area contributed by atoms with Crippen LogP contribution in [0.2, 0.25) is 0 Å². The number of carbonyl (C=O) groups is 2. The van der Waals surface area contributed by atoms with Gasteiger partial charge in [0.2, 0.25) is 0 Å². The average Bonchev–Trinajstić information content (AvgIpc) is 3.56.